The third-order valence-electron chi connectivity index (χ3n) is 8.06. The van der Waals surface area contributed by atoms with Gasteiger partial charge in [0, 0.05) is 7.11 Å². The van der Waals surface area contributed by atoms with Crippen molar-refractivity contribution in [3.8, 4) is 0 Å². The Kier molecular flexibility index (Phi) is 7.82. The minimum Gasteiger partial charge on any atom is -0.412 e. The molecular formula is C25H48O4Si. The van der Waals surface area contributed by atoms with Gasteiger partial charge in [-0.3, -0.25) is 0 Å². The van der Waals surface area contributed by atoms with E-state index >= 15 is 0 Å². The summed E-state index contributed by atoms with van der Waals surface area (Å²) in [7, 11) is -0.665. The normalized spacial score (nSPS) is 41.5. The van der Waals surface area contributed by atoms with Gasteiger partial charge in [-0.1, -0.05) is 80.1 Å². The summed E-state index contributed by atoms with van der Waals surface area (Å²) < 4.78 is 27.4. The predicted octanol–water partition coefficient (Wildman–Crippen LogP) is 6.41. The van der Waals surface area contributed by atoms with E-state index in [9.17, 15) is 0 Å². The molecule has 5 heteroatoms. The average Bonchev–Trinajstić information content (AvgIpc) is 3.65. The number of hydrogen-bond acceptors (Lipinski definition) is 4. The molecule has 176 valence electrons. The molecule has 3 aliphatic heterocycles. The molecule has 0 spiro atoms. The molecule has 6 unspecified atom stereocenters. The van der Waals surface area contributed by atoms with E-state index in [1.54, 1.807) is 0 Å². The van der Waals surface area contributed by atoms with E-state index in [0.717, 1.165) is 77.0 Å². The number of rotatable bonds is 16. The van der Waals surface area contributed by atoms with Crippen LogP contribution in [0.15, 0.2) is 0 Å². The van der Waals surface area contributed by atoms with Gasteiger partial charge in [0.1, 0.15) is 15.7 Å². The third kappa shape index (κ3) is 3.37. The van der Waals surface area contributed by atoms with Crippen molar-refractivity contribution < 1.29 is 18.6 Å². The van der Waals surface area contributed by atoms with Gasteiger partial charge in [0.25, 0.3) is 8.32 Å². The Morgan fingerprint density at radius 3 is 1.07 bits per heavy atom. The van der Waals surface area contributed by atoms with Crippen LogP contribution in [0, 0.1) is 0 Å². The van der Waals surface area contributed by atoms with Gasteiger partial charge in [-0.15, -0.1) is 0 Å². The topological polar surface area (TPSA) is 46.8 Å². The Hall–Kier alpha value is 0.0569. The van der Waals surface area contributed by atoms with Crippen LogP contribution in [-0.4, -0.2) is 49.4 Å². The molecular weight excluding hydrogens is 392 g/mol. The van der Waals surface area contributed by atoms with Crippen LogP contribution < -0.4 is 0 Å². The second-order valence-electron chi connectivity index (χ2n) is 9.99. The lowest BCUT2D eigenvalue weighted by Crippen LogP contribution is -2.75. The van der Waals surface area contributed by atoms with E-state index in [1.807, 2.05) is 7.11 Å². The van der Waals surface area contributed by atoms with Gasteiger partial charge in [-0.25, -0.2) is 0 Å². The molecule has 6 atom stereocenters. The lowest BCUT2D eigenvalue weighted by Gasteiger charge is -2.45. The molecule has 0 aromatic heterocycles. The Labute approximate surface area is 186 Å². The van der Waals surface area contributed by atoms with Crippen LogP contribution in [0.4, 0.5) is 0 Å². The summed E-state index contributed by atoms with van der Waals surface area (Å²) in [6.07, 6.45) is 14.4. The average molecular weight is 441 g/mol. The molecule has 3 rings (SSSR count). The number of epoxide rings is 3. The highest BCUT2D eigenvalue weighted by atomic mass is 28.4. The maximum absolute atomic E-state index is 6.97. The Morgan fingerprint density at radius 2 is 0.867 bits per heavy atom. The molecule has 0 saturated carbocycles. The monoisotopic (exact) mass is 440 g/mol. The summed E-state index contributed by atoms with van der Waals surface area (Å²) in [5.74, 6) is 0. The molecule has 30 heavy (non-hydrogen) atoms. The van der Waals surface area contributed by atoms with Gasteiger partial charge in [0.05, 0.1) is 18.3 Å². The molecule has 0 aromatic carbocycles. The molecule has 0 N–H and O–H groups in total. The Balaban J connectivity index is 2.16. The molecule has 3 saturated heterocycles. The van der Waals surface area contributed by atoms with E-state index in [1.165, 1.54) is 0 Å². The van der Waals surface area contributed by atoms with Crippen LogP contribution in [0.2, 0.25) is 0 Å². The largest absolute Gasteiger partial charge is 0.412 e. The minimum absolute atomic E-state index is 0.151. The SMILES string of the molecule is CCCC1OC1(CCC)[Si](OC)(C1(CCC)OC1CCC)C1(CCC)OC1CCC. The van der Waals surface area contributed by atoms with E-state index < -0.39 is 8.32 Å². The fraction of sp³-hybridized carbons (Fsp3) is 1.00. The molecule has 3 aliphatic rings. The van der Waals surface area contributed by atoms with Gasteiger partial charge in [-0.2, -0.15) is 0 Å². The van der Waals surface area contributed by atoms with Crippen molar-refractivity contribution in [1.29, 1.82) is 0 Å². The first-order valence-electron chi connectivity index (χ1n) is 13.1. The Bertz CT molecular complexity index is 497. The van der Waals surface area contributed by atoms with Crippen molar-refractivity contribution in [3.63, 3.8) is 0 Å². The first-order chi connectivity index (χ1) is 14.5. The lowest BCUT2D eigenvalue weighted by atomic mass is 10.1. The van der Waals surface area contributed by atoms with Crippen LogP contribution in [0.25, 0.3) is 0 Å². The van der Waals surface area contributed by atoms with Crippen LogP contribution >= 0.6 is 0 Å². The molecule has 0 amide bonds. The summed E-state index contributed by atoms with van der Waals surface area (Å²) >= 11 is 0. The predicted molar refractivity (Wildman–Crippen MR) is 125 cm³/mol. The van der Waals surface area contributed by atoms with Crippen LogP contribution in [0.1, 0.15) is 119 Å². The lowest BCUT2D eigenvalue weighted by molar-refractivity contribution is 0.193. The zero-order valence-corrected chi connectivity index (χ0v) is 21.9. The van der Waals surface area contributed by atoms with Gasteiger partial charge >= 0.3 is 0 Å². The van der Waals surface area contributed by atoms with Gasteiger partial charge < -0.3 is 18.6 Å². The second-order valence-corrected chi connectivity index (χ2v) is 14.3. The summed E-state index contributed by atoms with van der Waals surface area (Å²) in [5.41, 5.74) is 0. The molecule has 0 radical (unpaired) electrons. The summed E-state index contributed by atoms with van der Waals surface area (Å²) in [5, 5.41) is -0.453. The fourth-order valence-corrected chi connectivity index (χ4v) is 14.9. The van der Waals surface area contributed by atoms with Gasteiger partial charge in [0.2, 0.25) is 0 Å². The molecule has 0 bridgehead atoms. The van der Waals surface area contributed by atoms with Crippen molar-refractivity contribution >= 4 is 8.32 Å². The van der Waals surface area contributed by atoms with Gasteiger partial charge in [0.15, 0.2) is 0 Å². The molecule has 0 aromatic rings. The Morgan fingerprint density at radius 1 is 0.567 bits per heavy atom. The number of ether oxygens (including phenoxy) is 3. The van der Waals surface area contributed by atoms with E-state index in [0.29, 0.717) is 18.3 Å². The first kappa shape index (κ1) is 24.7. The molecule has 0 aliphatic carbocycles. The van der Waals surface area contributed by atoms with Crippen LogP contribution in [0.5, 0.6) is 0 Å². The molecule has 3 heterocycles. The minimum atomic E-state index is -2.65. The van der Waals surface area contributed by atoms with Gasteiger partial charge in [-0.05, 0) is 38.5 Å². The maximum Gasteiger partial charge on any atom is 0.295 e. The van der Waals surface area contributed by atoms with Crippen LogP contribution in [0.3, 0.4) is 0 Å². The number of hydrogen-bond donors (Lipinski definition) is 0. The smallest absolute Gasteiger partial charge is 0.295 e. The van der Waals surface area contributed by atoms with Crippen molar-refractivity contribution in [1.82, 2.24) is 0 Å². The standard InChI is InChI=1S/C25H48O4Si/c1-8-14-20-23(27-20,17-11-4)30(26-7,24(18-12-5)21(28-24)15-9-2)25(19-13-6)22(29-25)16-10-3/h20-22H,8-19H2,1-7H3. The van der Waals surface area contributed by atoms with Crippen molar-refractivity contribution in [3.05, 3.63) is 0 Å². The second kappa shape index (κ2) is 9.50. The quantitative estimate of drug-likeness (QED) is 0.205. The zero-order chi connectivity index (χ0) is 22.0. The van der Waals surface area contributed by atoms with E-state index in [2.05, 4.69) is 41.5 Å². The highest BCUT2D eigenvalue weighted by molar-refractivity contribution is 6.84. The highest BCUT2D eigenvalue weighted by Gasteiger charge is 2.93. The third-order valence-corrected chi connectivity index (χ3v) is 14.3. The fourth-order valence-electron chi connectivity index (χ4n) is 7.15. The van der Waals surface area contributed by atoms with Crippen LogP contribution in [-0.2, 0) is 18.6 Å². The van der Waals surface area contributed by atoms with Crippen molar-refractivity contribution in [2.45, 2.75) is 153 Å². The summed E-state index contributed by atoms with van der Waals surface area (Å²) in [6, 6.07) is 0. The zero-order valence-electron chi connectivity index (χ0n) is 20.9. The highest BCUT2D eigenvalue weighted by Crippen LogP contribution is 2.70. The van der Waals surface area contributed by atoms with Crippen molar-refractivity contribution in [2.75, 3.05) is 7.11 Å². The maximum atomic E-state index is 6.97. The van der Waals surface area contributed by atoms with Crippen molar-refractivity contribution in [2.24, 2.45) is 0 Å². The molecule has 4 nitrogen and oxygen atoms in total. The summed E-state index contributed by atoms with van der Waals surface area (Å²) in [4.78, 5) is 0. The first-order valence-corrected chi connectivity index (χ1v) is 15.0. The van der Waals surface area contributed by atoms with E-state index in [4.69, 9.17) is 18.6 Å². The summed E-state index contributed by atoms with van der Waals surface area (Å²) in [6.45, 7) is 13.7. The molecule has 3 fully saturated rings. The van der Waals surface area contributed by atoms with E-state index in [-0.39, 0.29) is 15.7 Å².